The molecule has 0 fully saturated rings. The Hall–Kier alpha value is -1.84. The highest BCUT2D eigenvalue weighted by Crippen LogP contribution is 2.32. The van der Waals surface area contributed by atoms with E-state index in [0.717, 1.165) is 8.66 Å². The van der Waals surface area contributed by atoms with E-state index in [1.807, 2.05) is 16.9 Å². The summed E-state index contributed by atoms with van der Waals surface area (Å²) in [6.07, 6.45) is 2.72. The van der Waals surface area contributed by atoms with Gasteiger partial charge in [0.25, 0.3) is 15.9 Å². The quantitative estimate of drug-likeness (QED) is 0.755. The summed E-state index contributed by atoms with van der Waals surface area (Å²) in [4.78, 5) is 12.6. The van der Waals surface area contributed by atoms with E-state index in [4.69, 9.17) is 9.47 Å². The van der Waals surface area contributed by atoms with Gasteiger partial charge in [-0.05, 0) is 46.3 Å². The molecule has 1 aliphatic rings. The van der Waals surface area contributed by atoms with Crippen molar-refractivity contribution >= 4 is 49.3 Å². The molecule has 24 heavy (non-hydrogen) atoms. The number of ether oxygens (including phenoxy) is 2. The first-order chi connectivity index (χ1) is 11.4. The zero-order chi connectivity index (χ0) is 17.2. The zero-order valence-electron chi connectivity index (χ0n) is 12.2. The van der Waals surface area contributed by atoms with Crippen molar-refractivity contribution in [2.75, 3.05) is 13.2 Å². The Balaban J connectivity index is 1.73. The summed E-state index contributed by atoms with van der Waals surface area (Å²) in [6.45, 7) is 0.765. The number of benzene rings is 1. The molecule has 2 aromatic rings. The van der Waals surface area contributed by atoms with Crippen LogP contribution < -0.4 is 14.2 Å². The molecule has 0 saturated heterocycles. The van der Waals surface area contributed by atoms with Gasteiger partial charge in [0.2, 0.25) is 0 Å². The van der Waals surface area contributed by atoms with Crippen molar-refractivity contribution in [3.8, 4) is 11.5 Å². The molecule has 0 spiro atoms. The lowest BCUT2D eigenvalue weighted by atomic mass is 10.3. The van der Waals surface area contributed by atoms with Crippen LogP contribution in [0.15, 0.2) is 45.1 Å². The number of amides is 1. The van der Waals surface area contributed by atoms with Crippen LogP contribution in [0, 0.1) is 0 Å². The monoisotopic (exact) mass is 429 g/mol. The average Bonchev–Trinajstić information content (AvgIpc) is 2.97. The van der Waals surface area contributed by atoms with Crippen molar-refractivity contribution in [1.29, 1.82) is 0 Å². The number of rotatable bonds is 4. The van der Waals surface area contributed by atoms with Crippen LogP contribution in [0.2, 0.25) is 0 Å². The fourth-order valence-electron chi connectivity index (χ4n) is 1.99. The van der Waals surface area contributed by atoms with Crippen molar-refractivity contribution in [1.82, 2.24) is 4.72 Å². The van der Waals surface area contributed by atoms with Gasteiger partial charge in [0.15, 0.2) is 11.5 Å². The fraction of sp³-hybridized carbons (Fsp3) is 0.133. The molecule has 3 rings (SSSR count). The molecule has 1 N–H and O–H groups in total. The van der Waals surface area contributed by atoms with E-state index in [0.29, 0.717) is 24.7 Å². The predicted octanol–water partition coefficient (Wildman–Crippen LogP) is 2.80. The van der Waals surface area contributed by atoms with Gasteiger partial charge in [-0.15, -0.1) is 11.3 Å². The van der Waals surface area contributed by atoms with Gasteiger partial charge >= 0.3 is 0 Å². The number of sulfonamides is 1. The van der Waals surface area contributed by atoms with Gasteiger partial charge < -0.3 is 9.47 Å². The second kappa shape index (κ2) is 6.96. The maximum absolute atomic E-state index is 12.3. The molecule has 1 amide bonds. The van der Waals surface area contributed by atoms with Crippen LogP contribution in [0.5, 0.6) is 11.5 Å². The van der Waals surface area contributed by atoms with E-state index in [1.165, 1.54) is 35.6 Å². The van der Waals surface area contributed by atoms with Gasteiger partial charge in [-0.2, -0.15) is 0 Å². The highest BCUT2D eigenvalue weighted by Gasteiger charge is 2.20. The minimum atomic E-state index is -3.98. The smallest absolute Gasteiger partial charge is 0.264 e. The van der Waals surface area contributed by atoms with E-state index < -0.39 is 15.9 Å². The van der Waals surface area contributed by atoms with Gasteiger partial charge in [-0.3, -0.25) is 4.79 Å². The van der Waals surface area contributed by atoms with Crippen molar-refractivity contribution < 1.29 is 22.7 Å². The van der Waals surface area contributed by atoms with E-state index >= 15 is 0 Å². The molecule has 1 aliphatic heterocycles. The number of carbonyl (C=O) groups is 1. The van der Waals surface area contributed by atoms with Crippen LogP contribution in [0.3, 0.4) is 0 Å². The predicted molar refractivity (Wildman–Crippen MR) is 93.8 cm³/mol. The van der Waals surface area contributed by atoms with Crippen molar-refractivity contribution in [2.24, 2.45) is 0 Å². The molecule has 1 aromatic heterocycles. The molecule has 0 unspecified atom stereocenters. The number of carbonyl (C=O) groups excluding carboxylic acids is 1. The first-order valence-electron chi connectivity index (χ1n) is 6.84. The molecule has 1 aromatic carbocycles. The SMILES string of the molecule is O=C(/C=C/c1ccc(Br)s1)NS(=O)(=O)c1ccc2c(c1)OCCO2. The van der Waals surface area contributed by atoms with Gasteiger partial charge in [0.05, 0.1) is 8.68 Å². The normalized spacial score (nSPS) is 13.9. The van der Waals surface area contributed by atoms with Crippen LogP contribution in [0.1, 0.15) is 4.88 Å². The minimum Gasteiger partial charge on any atom is -0.486 e. The summed E-state index contributed by atoms with van der Waals surface area (Å²) in [7, 11) is -3.98. The van der Waals surface area contributed by atoms with E-state index in [2.05, 4.69) is 15.9 Å². The fourth-order valence-corrected chi connectivity index (χ4v) is 4.28. The van der Waals surface area contributed by atoms with Gasteiger partial charge in [0, 0.05) is 17.0 Å². The number of hydrogen-bond donors (Lipinski definition) is 1. The lowest BCUT2D eigenvalue weighted by Gasteiger charge is -2.18. The minimum absolute atomic E-state index is 0.0626. The first kappa shape index (κ1) is 17.0. The first-order valence-corrected chi connectivity index (χ1v) is 9.93. The third-order valence-corrected chi connectivity index (χ3v) is 5.99. The standard InChI is InChI=1S/C15H12BrNO5S2/c16-14-5-1-10(23-14)2-6-15(18)17-24(19,20)11-3-4-12-13(9-11)22-8-7-21-12/h1-6,9H,7-8H2,(H,17,18)/b6-2+. The molecule has 9 heteroatoms. The van der Waals surface area contributed by atoms with Gasteiger partial charge in [-0.25, -0.2) is 13.1 Å². The summed E-state index contributed by atoms with van der Waals surface area (Å²) >= 11 is 4.74. The Kier molecular flexibility index (Phi) is 4.93. The van der Waals surface area contributed by atoms with Gasteiger partial charge in [-0.1, -0.05) is 0 Å². The molecule has 0 radical (unpaired) electrons. The summed E-state index contributed by atoms with van der Waals surface area (Å²) in [5.41, 5.74) is 0. The van der Waals surface area contributed by atoms with Crippen LogP contribution in [-0.2, 0) is 14.8 Å². The highest BCUT2D eigenvalue weighted by molar-refractivity contribution is 9.11. The van der Waals surface area contributed by atoms with E-state index in [1.54, 1.807) is 6.08 Å². The summed E-state index contributed by atoms with van der Waals surface area (Å²) in [6, 6.07) is 7.86. The molecular weight excluding hydrogens is 418 g/mol. The van der Waals surface area contributed by atoms with Crippen molar-refractivity contribution in [3.05, 3.63) is 45.1 Å². The van der Waals surface area contributed by atoms with Crippen LogP contribution in [0.25, 0.3) is 6.08 Å². The maximum Gasteiger partial charge on any atom is 0.264 e. The summed E-state index contributed by atoms with van der Waals surface area (Å²) < 4.78 is 38.2. The van der Waals surface area contributed by atoms with E-state index in [-0.39, 0.29) is 4.90 Å². The lowest BCUT2D eigenvalue weighted by Crippen LogP contribution is -2.29. The molecule has 0 bridgehead atoms. The Morgan fingerprint density at radius 1 is 1.17 bits per heavy atom. The lowest BCUT2D eigenvalue weighted by molar-refractivity contribution is -0.114. The molecule has 0 atom stereocenters. The van der Waals surface area contributed by atoms with Gasteiger partial charge in [0.1, 0.15) is 13.2 Å². The van der Waals surface area contributed by atoms with Crippen molar-refractivity contribution in [3.63, 3.8) is 0 Å². The van der Waals surface area contributed by atoms with Crippen LogP contribution in [0.4, 0.5) is 0 Å². The molecule has 0 saturated carbocycles. The molecule has 6 nitrogen and oxygen atoms in total. The Morgan fingerprint density at radius 3 is 2.62 bits per heavy atom. The summed E-state index contributed by atoms with van der Waals surface area (Å²) in [5.74, 6) is 0.0969. The maximum atomic E-state index is 12.3. The Morgan fingerprint density at radius 2 is 1.92 bits per heavy atom. The topological polar surface area (TPSA) is 81.7 Å². The van der Waals surface area contributed by atoms with Crippen LogP contribution in [-0.4, -0.2) is 27.5 Å². The average molecular weight is 430 g/mol. The van der Waals surface area contributed by atoms with E-state index in [9.17, 15) is 13.2 Å². The largest absolute Gasteiger partial charge is 0.486 e. The zero-order valence-corrected chi connectivity index (χ0v) is 15.4. The molecular formula is C15H12BrNO5S2. The number of thiophene rings is 1. The third-order valence-electron chi connectivity index (χ3n) is 3.05. The Bertz CT molecular complexity index is 904. The number of nitrogens with one attached hydrogen (secondary N) is 1. The van der Waals surface area contributed by atoms with Crippen molar-refractivity contribution in [2.45, 2.75) is 4.90 Å². The second-order valence-corrected chi connectivity index (χ2v) is 8.93. The number of halogens is 1. The van der Waals surface area contributed by atoms with Crippen LogP contribution >= 0.6 is 27.3 Å². The molecule has 126 valence electrons. The summed E-state index contributed by atoms with van der Waals surface area (Å²) in [5, 5.41) is 0. The number of hydrogen-bond acceptors (Lipinski definition) is 6. The third kappa shape index (κ3) is 3.97. The molecule has 2 heterocycles. The second-order valence-electron chi connectivity index (χ2n) is 4.75. The highest BCUT2D eigenvalue weighted by atomic mass is 79.9. The Labute approximate surface area is 151 Å². The number of fused-ring (bicyclic) bond motifs is 1. The molecule has 0 aliphatic carbocycles.